The highest BCUT2D eigenvalue weighted by Crippen LogP contribution is 2.18. The van der Waals surface area contributed by atoms with Crippen LogP contribution in [0.2, 0.25) is 5.02 Å². The molecule has 2 aromatic carbocycles. The molecule has 0 aliphatic carbocycles. The molecule has 0 aromatic heterocycles. The predicted octanol–water partition coefficient (Wildman–Crippen LogP) is 4.28. The lowest BCUT2D eigenvalue weighted by Crippen LogP contribution is -2.32. The number of halogens is 2. The van der Waals surface area contributed by atoms with E-state index in [1.54, 1.807) is 24.3 Å². The summed E-state index contributed by atoms with van der Waals surface area (Å²) in [6.07, 6.45) is -0.119. The Bertz CT molecular complexity index is 599. The first kappa shape index (κ1) is 15.3. The molecule has 0 aliphatic heterocycles. The Balaban J connectivity index is 2.01. The van der Waals surface area contributed by atoms with Crippen molar-refractivity contribution in [2.24, 2.45) is 0 Å². The molecule has 0 saturated carbocycles. The third-order valence-electron chi connectivity index (χ3n) is 2.87. The maximum atomic E-state index is 12.8. The molecule has 3 nitrogen and oxygen atoms in total. The average Bonchev–Trinajstić information content (AvgIpc) is 2.49. The van der Waals surface area contributed by atoms with Crippen LogP contribution in [0.3, 0.4) is 0 Å². The highest BCUT2D eigenvalue weighted by molar-refractivity contribution is 6.30. The summed E-state index contributed by atoms with van der Waals surface area (Å²) in [5.74, 6) is -0.0583. The van der Waals surface area contributed by atoms with Crippen LogP contribution in [0.15, 0.2) is 48.5 Å². The Kier molecular flexibility index (Phi) is 5.17. The van der Waals surface area contributed by atoms with E-state index in [-0.39, 0.29) is 11.7 Å². The second-order valence-electron chi connectivity index (χ2n) is 4.46. The zero-order valence-electron chi connectivity index (χ0n) is 11.5. The van der Waals surface area contributed by atoms with Gasteiger partial charge in [-0.2, -0.15) is 0 Å². The van der Waals surface area contributed by atoms with Crippen molar-refractivity contribution in [3.8, 4) is 5.75 Å². The molecule has 1 amide bonds. The normalized spacial score (nSPS) is 11.8. The Hall–Kier alpha value is -2.07. The largest absolute Gasteiger partial charge is 0.481 e. The van der Waals surface area contributed by atoms with Crippen molar-refractivity contribution < 1.29 is 13.9 Å². The molecule has 0 bridgehead atoms. The monoisotopic (exact) mass is 307 g/mol. The van der Waals surface area contributed by atoms with Crippen LogP contribution in [0.25, 0.3) is 0 Å². The molecule has 110 valence electrons. The van der Waals surface area contributed by atoms with E-state index in [1.807, 2.05) is 6.92 Å². The number of hydrogen-bond acceptors (Lipinski definition) is 2. The van der Waals surface area contributed by atoms with Crippen LogP contribution in [-0.4, -0.2) is 12.0 Å². The fraction of sp³-hybridized carbons (Fsp3) is 0.188. The number of nitrogens with one attached hydrogen (secondary N) is 1. The van der Waals surface area contributed by atoms with Gasteiger partial charge in [0.05, 0.1) is 0 Å². The van der Waals surface area contributed by atoms with Crippen LogP contribution in [0.4, 0.5) is 10.1 Å². The van der Waals surface area contributed by atoms with E-state index in [0.29, 0.717) is 22.9 Å². The number of anilines is 1. The average molecular weight is 308 g/mol. The second-order valence-corrected chi connectivity index (χ2v) is 4.90. The highest BCUT2D eigenvalue weighted by atomic mass is 35.5. The number of hydrogen-bond donors (Lipinski definition) is 1. The quantitative estimate of drug-likeness (QED) is 0.895. The fourth-order valence-corrected chi connectivity index (χ4v) is 1.88. The number of benzene rings is 2. The second kappa shape index (κ2) is 7.09. The van der Waals surface area contributed by atoms with Gasteiger partial charge in [-0.3, -0.25) is 4.79 Å². The van der Waals surface area contributed by atoms with E-state index in [9.17, 15) is 9.18 Å². The van der Waals surface area contributed by atoms with E-state index in [1.165, 1.54) is 24.3 Å². The summed E-state index contributed by atoms with van der Waals surface area (Å²) < 4.78 is 18.5. The molecule has 1 atom stereocenters. The molecule has 0 heterocycles. The van der Waals surface area contributed by atoms with E-state index >= 15 is 0 Å². The molecular formula is C16H15ClFNO2. The summed E-state index contributed by atoms with van der Waals surface area (Å²) in [5, 5.41) is 3.30. The van der Waals surface area contributed by atoms with Gasteiger partial charge in [0.15, 0.2) is 6.10 Å². The zero-order valence-corrected chi connectivity index (χ0v) is 12.2. The molecular weight excluding hydrogens is 293 g/mol. The first-order valence-electron chi connectivity index (χ1n) is 6.57. The summed E-state index contributed by atoms with van der Waals surface area (Å²) in [5.41, 5.74) is 0.527. The molecule has 0 radical (unpaired) electrons. The lowest BCUT2D eigenvalue weighted by atomic mass is 10.2. The molecule has 0 fully saturated rings. The Morgan fingerprint density at radius 2 is 1.81 bits per heavy atom. The maximum absolute atomic E-state index is 12.8. The van der Waals surface area contributed by atoms with Gasteiger partial charge in [0.1, 0.15) is 11.6 Å². The van der Waals surface area contributed by atoms with Crippen molar-refractivity contribution in [2.75, 3.05) is 5.32 Å². The maximum Gasteiger partial charge on any atom is 0.265 e. The van der Waals surface area contributed by atoms with Crippen LogP contribution in [0, 0.1) is 5.82 Å². The van der Waals surface area contributed by atoms with E-state index in [0.717, 1.165) is 0 Å². The van der Waals surface area contributed by atoms with Crippen molar-refractivity contribution in [3.63, 3.8) is 0 Å². The van der Waals surface area contributed by atoms with Gasteiger partial charge in [-0.1, -0.05) is 18.5 Å². The number of carbonyl (C=O) groups is 1. The molecule has 0 spiro atoms. The van der Waals surface area contributed by atoms with Gasteiger partial charge in [0, 0.05) is 10.7 Å². The predicted molar refractivity (Wildman–Crippen MR) is 81.2 cm³/mol. The van der Waals surface area contributed by atoms with Gasteiger partial charge >= 0.3 is 0 Å². The molecule has 2 aromatic rings. The van der Waals surface area contributed by atoms with Crippen LogP contribution in [-0.2, 0) is 4.79 Å². The van der Waals surface area contributed by atoms with Gasteiger partial charge in [0.2, 0.25) is 0 Å². The SMILES string of the molecule is CCC(Oc1ccc(Cl)cc1)C(=O)Nc1ccc(F)cc1. The lowest BCUT2D eigenvalue weighted by molar-refractivity contribution is -0.122. The molecule has 21 heavy (non-hydrogen) atoms. The number of carbonyl (C=O) groups excluding carboxylic acids is 1. The van der Waals surface area contributed by atoms with Gasteiger partial charge < -0.3 is 10.1 Å². The highest BCUT2D eigenvalue weighted by Gasteiger charge is 2.18. The Labute approximate surface area is 127 Å². The van der Waals surface area contributed by atoms with Crippen LogP contribution in [0.1, 0.15) is 13.3 Å². The molecule has 0 saturated heterocycles. The first-order chi connectivity index (χ1) is 10.1. The summed E-state index contributed by atoms with van der Waals surface area (Å²) >= 11 is 5.80. The number of rotatable bonds is 5. The summed E-state index contributed by atoms with van der Waals surface area (Å²) in [4.78, 5) is 12.1. The van der Waals surface area contributed by atoms with Crippen LogP contribution >= 0.6 is 11.6 Å². The fourth-order valence-electron chi connectivity index (χ4n) is 1.76. The number of ether oxygens (including phenoxy) is 1. The van der Waals surface area contributed by atoms with Crippen molar-refractivity contribution in [3.05, 3.63) is 59.4 Å². The molecule has 5 heteroatoms. The van der Waals surface area contributed by atoms with Crippen molar-refractivity contribution >= 4 is 23.2 Å². The minimum Gasteiger partial charge on any atom is -0.481 e. The molecule has 0 aliphatic rings. The topological polar surface area (TPSA) is 38.3 Å². The van der Waals surface area contributed by atoms with Crippen molar-refractivity contribution in [1.82, 2.24) is 0 Å². The molecule has 1 N–H and O–H groups in total. The molecule has 2 rings (SSSR count). The lowest BCUT2D eigenvalue weighted by Gasteiger charge is -2.17. The van der Waals surface area contributed by atoms with Crippen molar-refractivity contribution in [1.29, 1.82) is 0 Å². The third kappa shape index (κ3) is 4.46. The third-order valence-corrected chi connectivity index (χ3v) is 3.12. The van der Waals surface area contributed by atoms with Gasteiger partial charge in [-0.15, -0.1) is 0 Å². The van der Waals surface area contributed by atoms with Crippen LogP contribution in [0.5, 0.6) is 5.75 Å². The Morgan fingerprint density at radius 1 is 1.19 bits per heavy atom. The van der Waals surface area contributed by atoms with Gasteiger partial charge in [0.25, 0.3) is 5.91 Å². The van der Waals surface area contributed by atoms with E-state index < -0.39 is 6.10 Å². The number of amides is 1. The van der Waals surface area contributed by atoms with Gasteiger partial charge in [-0.25, -0.2) is 4.39 Å². The Morgan fingerprint density at radius 3 is 2.38 bits per heavy atom. The van der Waals surface area contributed by atoms with Crippen LogP contribution < -0.4 is 10.1 Å². The van der Waals surface area contributed by atoms with Gasteiger partial charge in [-0.05, 0) is 55.0 Å². The van der Waals surface area contributed by atoms with E-state index in [2.05, 4.69) is 5.32 Å². The zero-order chi connectivity index (χ0) is 15.2. The standard InChI is InChI=1S/C16H15ClFNO2/c1-2-15(21-14-9-3-11(17)4-10-14)16(20)19-13-7-5-12(18)6-8-13/h3-10,15H,2H2,1H3,(H,19,20). The first-order valence-corrected chi connectivity index (χ1v) is 6.95. The van der Waals surface area contributed by atoms with E-state index in [4.69, 9.17) is 16.3 Å². The minimum atomic E-state index is -0.628. The molecule has 1 unspecified atom stereocenters. The minimum absolute atomic E-state index is 0.279. The smallest absolute Gasteiger partial charge is 0.265 e. The summed E-state index contributed by atoms with van der Waals surface area (Å²) in [7, 11) is 0. The summed E-state index contributed by atoms with van der Waals surface area (Å²) in [6, 6.07) is 12.4. The van der Waals surface area contributed by atoms with Crippen molar-refractivity contribution in [2.45, 2.75) is 19.4 Å². The summed E-state index contributed by atoms with van der Waals surface area (Å²) in [6.45, 7) is 1.85.